The SMILES string of the molecule is CC1(C)CC(Nc2nc3ccc(Br)cn3n2)CCO1. The normalized spacial score (nSPS) is 22.6. The molecular formula is C13H17BrN4O. The van der Waals surface area contributed by atoms with Crippen LogP contribution < -0.4 is 5.32 Å². The minimum Gasteiger partial charge on any atom is -0.375 e. The van der Waals surface area contributed by atoms with Crippen LogP contribution in [0.5, 0.6) is 0 Å². The molecule has 3 rings (SSSR count). The molecule has 0 amide bonds. The molecule has 1 saturated heterocycles. The van der Waals surface area contributed by atoms with E-state index >= 15 is 0 Å². The molecule has 1 atom stereocenters. The lowest BCUT2D eigenvalue weighted by molar-refractivity contribution is -0.0553. The van der Waals surface area contributed by atoms with E-state index in [0.29, 0.717) is 12.0 Å². The number of ether oxygens (including phenoxy) is 1. The molecule has 2 aromatic rings. The number of hydrogen-bond acceptors (Lipinski definition) is 4. The van der Waals surface area contributed by atoms with Crippen LogP contribution in [0, 0.1) is 0 Å². The van der Waals surface area contributed by atoms with Crippen molar-refractivity contribution in [1.29, 1.82) is 0 Å². The van der Waals surface area contributed by atoms with E-state index in [-0.39, 0.29) is 5.60 Å². The zero-order valence-electron chi connectivity index (χ0n) is 11.1. The maximum absolute atomic E-state index is 5.72. The van der Waals surface area contributed by atoms with Crippen molar-refractivity contribution in [1.82, 2.24) is 14.6 Å². The van der Waals surface area contributed by atoms with Crippen LogP contribution >= 0.6 is 15.9 Å². The van der Waals surface area contributed by atoms with Crippen LogP contribution in [-0.4, -0.2) is 32.8 Å². The Morgan fingerprint density at radius 3 is 3.11 bits per heavy atom. The van der Waals surface area contributed by atoms with Gasteiger partial charge in [-0.25, -0.2) is 4.52 Å². The quantitative estimate of drug-likeness (QED) is 0.922. The highest BCUT2D eigenvalue weighted by molar-refractivity contribution is 9.10. The van der Waals surface area contributed by atoms with Crippen LogP contribution in [0.1, 0.15) is 26.7 Å². The number of aromatic nitrogens is 3. The van der Waals surface area contributed by atoms with Crippen LogP contribution in [-0.2, 0) is 4.74 Å². The molecule has 0 bridgehead atoms. The molecular weight excluding hydrogens is 308 g/mol. The minimum atomic E-state index is -0.0713. The highest BCUT2D eigenvalue weighted by Gasteiger charge is 2.29. The maximum atomic E-state index is 5.72. The van der Waals surface area contributed by atoms with E-state index < -0.39 is 0 Å². The molecule has 1 unspecified atom stereocenters. The van der Waals surface area contributed by atoms with Gasteiger partial charge >= 0.3 is 0 Å². The van der Waals surface area contributed by atoms with Gasteiger partial charge in [-0.15, -0.1) is 5.10 Å². The highest BCUT2D eigenvalue weighted by atomic mass is 79.9. The number of rotatable bonds is 2. The van der Waals surface area contributed by atoms with Crippen molar-refractivity contribution < 1.29 is 4.74 Å². The molecule has 0 radical (unpaired) electrons. The molecule has 1 aliphatic heterocycles. The lowest BCUT2D eigenvalue weighted by Gasteiger charge is -2.35. The second kappa shape index (κ2) is 4.76. The maximum Gasteiger partial charge on any atom is 0.243 e. The Morgan fingerprint density at radius 2 is 2.32 bits per heavy atom. The summed E-state index contributed by atoms with van der Waals surface area (Å²) < 4.78 is 8.48. The third-order valence-corrected chi connectivity index (χ3v) is 3.79. The molecule has 0 saturated carbocycles. The molecule has 0 spiro atoms. The summed E-state index contributed by atoms with van der Waals surface area (Å²) in [6, 6.07) is 4.27. The summed E-state index contributed by atoms with van der Waals surface area (Å²) in [6.45, 7) is 5.02. The minimum absolute atomic E-state index is 0.0713. The van der Waals surface area contributed by atoms with Crippen LogP contribution in [0.2, 0.25) is 0 Å². The second-order valence-electron chi connectivity index (χ2n) is 5.53. The van der Waals surface area contributed by atoms with E-state index in [9.17, 15) is 0 Å². The van der Waals surface area contributed by atoms with Crippen molar-refractivity contribution in [3.63, 3.8) is 0 Å². The van der Waals surface area contributed by atoms with Gasteiger partial charge in [0.25, 0.3) is 0 Å². The van der Waals surface area contributed by atoms with Crippen LogP contribution in [0.4, 0.5) is 5.95 Å². The summed E-state index contributed by atoms with van der Waals surface area (Å²) in [5, 5.41) is 7.85. The van der Waals surface area contributed by atoms with Gasteiger partial charge in [0.15, 0.2) is 5.65 Å². The summed E-state index contributed by atoms with van der Waals surface area (Å²) in [5.41, 5.74) is 0.773. The van der Waals surface area contributed by atoms with Crippen molar-refractivity contribution in [3.05, 3.63) is 22.8 Å². The van der Waals surface area contributed by atoms with Gasteiger partial charge in [-0.05, 0) is 54.8 Å². The third kappa shape index (κ3) is 2.90. The Hall–Kier alpha value is -1.14. The molecule has 102 valence electrons. The van der Waals surface area contributed by atoms with Gasteiger partial charge in [-0.2, -0.15) is 4.98 Å². The summed E-state index contributed by atoms with van der Waals surface area (Å²) >= 11 is 3.43. The molecule has 1 aliphatic rings. The zero-order chi connectivity index (χ0) is 13.5. The van der Waals surface area contributed by atoms with Gasteiger partial charge in [0, 0.05) is 23.3 Å². The first-order valence-electron chi connectivity index (χ1n) is 6.44. The first kappa shape index (κ1) is 12.9. The van der Waals surface area contributed by atoms with E-state index in [4.69, 9.17) is 4.74 Å². The van der Waals surface area contributed by atoms with Gasteiger partial charge in [-0.1, -0.05) is 0 Å². The fourth-order valence-electron chi connectivity index (χ4n) is 2.46. The third-order valence-electron chi connectivity index (χ3n) is 3.33. The monoisotopic (exact) mass is 324 g/mol. The number of fused-ring (bicyclic) bond motifs is 1. The topological polar surface area (TPSA) is 51.5 Å². The molecule has 5 nitrogen and oxygen atoms in total. The molecule has 6 heteroatoms. The van der Waals surface area contributed by atoms with Crippen LogP contribution in [0.3, 0.4) is 0 Å². The number of nitrogens with one attached hydrogen (secondary N) is 1. The summed E-state index contributed by atoms with van der Waals surface area (Å²) in [6.07, 6.45) is 3.86. The van der Waals surface area contributed by atoms with Gasteiger partial charge in [0.2, 0.25) is 5.95 Å². The summed E-state index contributed by atoms with van der Waals surface area (Å²) in [5.74, 6) is 0.681. The predicted octanol–water partition coefficient (Wildman–Crippen LogP) is 2.86. The van der Waals surface area contributed by atoms with Crippen molar-refractivity contribution in [3.8, 4) is 0 Å². The average molecular weight is 325 g/mol. The first-order chi connectivity index (χ1) is 9.02. The van der Waals surface area contributed by atoms with Crippen molar-refractivity contribution in [2.24, 2.45) is 0 Å². The number of hydrogen-bond donors (Lipinski definition) is 1. The fourth-order valence-corrected chi connectivity index (χ4v) is 2.78. The zero-order valence-corrected chi connectivity index (χ0v) is 12.6. The standard InChI is InChI=1S/C13H17BrN4O/c1-13(2)7-10(5-6-19-13)15-12-16-11-4-3-9(14)8-18(11)17-12/h3-4,8,10H,5-7H2,1-2H3,(H,15,17). The fraction of sp³-hybridized carbons (Fsp3) is 0.538. The Labute approximate surface area is 120 Å². The largest absolute Gasteiger partial charge is 0.375 e. The molecule has 2 aromatic heterocycles. The average Bonchev–Trinajstić information content (AvgIpc) is 2.68. The molecule has 0 aromatic carbocycles. The van der Waals surface area contributed by atoms with E-state index in [2.05, 4.69) is 45.2 Å². The highest BCUT2D eigenvalue weighted by Crippen LogP contribution is 2.25. The van der Waals surface area contributed by atoms with Crippen LogP contribution in [0.25, 0.3) is 5.65 Å². The smallest absolute Gasteiger partial charge is 0.243 e. The lowest BCUT2D eigenvalue weighted by atomic mass is 9.94. The first-order valence-corrected chi connectivity index (χ1v) is 7.24. The molecule has 3 heterocycles. The van der Waals surface area contributed by atoms with E-state index in [0.717, 1.165) is 29.6 Å². The van der Waals surface area contributed by atoms with Crippen molar-refractivity contribution in [2.75, 3.05) is 11.9 Å². The lowest BCUT2D eigenvalue weighted by Crippen LogP contribution is -2.40. The molecule has 19 heavy (non-hydrogen) atoms. The van der Waals surface area contributed by atoms with E-state index in [1.807, 2.05) is 18.3 Å². The molecule has 0 aliphatic carbocycles. The number of anilines is 1. The Morgan fingerprint density at radius 1 is 1.47 bits per heavy atom. The summed E-state index contributed by atoms with van der Waals surface area (Å²) in [4.78, 5) is 4.47. The predicted molar refractivity (Wildman–Crippen MR) is 77.4 cm³/mol. The number of halogens is 1. The molecule has 1 N–H and O–H groups in total. The Kier molecular flexibility index (Phi) is 3.22. The number of pyridine rings is 1. The Bertz CT molecular complexity index is 595. The second-order valence-corrected chi connectivity index (χ2v) is 6.44. The van der Waals surface area contributed by atoms with Gasteiger partial charge in [-0.3, -0.25) is 0 Å². The van der Waals surface area contributed by atoms with Gasteiger partial charge in [0.1, 0.15) is 0 Å². The van der Waals surface area contributed by atoms with Crippen LogP contribution in [0.15, 0.2) is 22.8 Å². The molecule has 1 fully saturated rings. The van der Waals surface area contributed by atoms with E-state index in [1.54, 1.807) is 4.52 Å². The number of nitrogens with zero attached hydrogens (tertiary/aromatic N) is 3. The van der Waals surface area contributed by atoms with Gasteiger partial charge < -0.3 is 10.1 Å². The summed E-state index contributed by atoms with van der Waals surface area (Å²) in [7, 11) is 0. The van der Waals surface area contributed by atoms with E-state index in [1.165, 1.54) is 0 Å². The Balaban J connectivity index is 1.77. The van der Waals surface area contributed by atoms with Crippen molar-refractivity contribution in [2.45, 2.75) is 38.3 Å². The van der Waals surface area contributed by atoms with Crippen molar-refractivity contribution >= 4 is 27.5 Å². The van der Waals surface area contributed by atoms with Gasteiger partial charge in [0.05, 0.1) is 5.60 Å².